The highest BCUT2D eigenvalue weighted by Crippen LogP contribution is 2.51. The van der Waals surface area contributed by atoms with Crippen LogP contribution in [-0.2, 0) is 38.1 Å². The van der Waals surface area contributed by atoms with Gasteiger partial charge in [0.05, 0.1) is 49.6 Å². The first kappa shape index (κ1) is 68.1. The first-order chi connectivity index (χ1) is 34.3. The second kappa shape index (κ2) is 31.6. The molecule has 8 unspecified atom stereocenters. The zero-order chi connectivity index (χ0) is 56.1. The van der Waals surface area contributed by atoms with Crippen LogP contribution in [0.2, 0.25) is 0 Å². The predicted octanol–water partition coefficient (Wildman–Crippen LogP) is 18.5. The lowest BCUT2D eigenvalue weighted by Gasteiger charge is -2.45. The third-order valence-corrected chi connectivity index (χ3v) is 18.6. The molecule has 8 heteroatoms. The van der Waals surface area contributed by atoms with Crippen molar-refractivity contribution in [3.05, 3.63) is 0 Å². The molecule has 0 aromatic rings. The SMILES string of the molecule is CCCCCCCCCCOC(=O)C(CC(C)(C)CCC(C)C1C(=O)OC(=O)C1C(C)(C)CCC(C)(C)CC(C1CCC(C)OC1)C(C)(C)C)C(C)(C)CCC(C)(C)CC(C(=O)OCCCCCCCC)C(C)C. The summed E-state index contributed by atoms with van der Waals surface area (Å²) in [4.78, 5) is 55.5. The Hall–Kier alpha value is -1.96. The standard InChI is InChI=1S/C66H122O8/c1-20-22-24-26-28-29-31-33-43-72-58(68)54(65(16,17)40-38-63(12,13)44-52(48(3)4)57(67)71-42-32-30-27-25-23-21-2)46-62(10,11)37-36-49(5)55-56(60(70)74-59(55)69)66(18,19)41-39-64(14,15)45-53(61(7,8)9)51-35-34-50(6)73-47-51/h48-56H,20-47H2,1-19H3. The fourth-order valence-electron chi connectivity index (χ4n) is 12.7. The van der Waals surface area contributed by atoms with Gasteiger partial charge in [-0.1, -0.05) is 202 Å². The Bertz CT molecular complexity index is 1620. The summed E-state index contributed by atoms with van der Waals surface area (Å²) in [6, 6.07) is 0. The molecule has 0 N–H and O–H groups in total. The van der Waals surface area contributed by atoms with Gasteiger partial charge in [-0.3, -0.25) is 19.2 Å². The van der Waals surface area contributed by atoms with Crippen molar-refractivity contribution in [3.8, 4) is 0 Å². The van der Waals surface area contributed by atoms with E-state index in [1.165, 1.54) is 70.6 Å². The molecule has 2 aliphatic rings. The maximum Gasteiger partial charge on any atom is 0.318 e. The molecule has 74 heavy (non-hydrogen) atoms. The van der Waals surface area contributed by atoms with Crippen LogP contribution < -0.4 is 0 Å². The number of carbonyl (C=O) groups is 4. The quantitative estimate of drug-likeness (QED) is 0.0261. The number of unbranched alkanes of at least 4 members (excludes halogenated alkanes) is 12. The Kier molecular flexibility index (Phi) is 29.1. The number of cyclic esters (lactones) is 2. The van der Waals surface area contributed by atoms with Gasteiger partial charge >= 0.3 is 23.9 Å². The first-order valence-electron chi connectivity index (χ1n) is 31.0. The van der Waals surface area contributed by atoms with E-state index in [1.54, 1.807) is 0 Å². The molecule has 8 nitrogen and oxygen atoms in total. The molecular weight excluding hydrogens is 921 g/mol. The van der Waals surface area contributed by atoms with Gasteiger partial charge in [0, 0.05) is 0 Å². The van der Waals surface area contributed by atoms with Gasteiger partial charge in [0.1, 0.15) is 0 Å². The van der Waals surface area contributed by atoms with Gasteiger partial charge in [-0.15, -0.1) is 0 Å². The molecule has 8 atom stereocenters. The maximum absolute atomic E-state index is 14.5. The van der Waals surface area contributed by atoms with Crippen LogP contribution in [0.1, 0.15) is 292 Å². The first-order valence-corrected chi connectivity index (χ1v) is 31.0. The summed E-state index contributed by atoms with van der Waals surface area (Å²) in [7, 11) is 0. The smallest absolute Gasteiger partial charge is 0.318 e. The molecule has 0 aromatic carbocycles. The fourth-order valence-corrected chi connectivity index (χ4v) is 12.7. The highest BCUT2D eigenvalue weighted by atomic mass is 16.6. The summed E-state index contributed by atoms with van der Waals surface area (Å²) in [5.41, 5.74) is -1.00. The molecule has 2 aliphatic heterocycles. The molecule has 0 aliphatic carbocycles. The maximum atomic E-state index is 14.5. The molecule has 0 bridgehead atoms. The number of hydrogen-bond donors (Lipinski definition) is 0. The Balaban J connectivity index is 2.23. The van der Waals surface area contributed by atoms with Crippen LogP contribution >= 0.6 is 0 Å². The number of rotatable bonds is 38. The summed E-state index contributed by atoms with van der Waals surface area (Å²) in [6.07, 6.45) is 26.5. The van der Waals surface area contributed by atoms with Crippen molar-refractivity contribution in [1.29, 1.82) is 0 Å². The Morgan fingerprint density at radius 2 is 1.07 bits per heavy atom. The lowest BCUT2D eigenvalue weighted by Crippen LogP contribution is -2.40. The number of esters is 4. The van der Waals surface area contributed by atoms with Crippen molar-refractivity contribution in [3.63, 3.8) is 0 Å². The van der Waals surface area contributed by atoms with Gasteiger partial charge in [-0.05, 0) is 147 Å². The Morgan fingerprint density at radius 1 is 0.581 bits per heavy atom. The van der Waals surface area contributed by atoms with Gasteiger partial charge in [0.25, 0.3) is 0 Å². The van der Waals surface area contributed by atoms with E-state index in [1.807, 2.05) is 0 Å². The largest absolute Gasteiger partial charge is 0.465 e. The summed E-state index contributed by atoms with van der Waals surface area (Å²) in [6.45, 7) is 44.6. The zero-order valence-electron chi connectivity index (χ0n) is 52.3. The third kappa shape index (κ3) is 24.4. The van der Waals surface area contributed by atoms with Crippen LogP contribution in [0.3, 0.4) is 0 Å². The summed E-state index contributed by atoms with van der Waals surface area (Å²) in [5, 5.41) is 0. The topological polar surface area (TPSA) is 105 Å². The van der Waals surface area contributed by atoms with Gasteiger partial charge in [0.2, 0.25) is 0 Å². The summed E-state index contributed by atoms with van der Waals surface area (Å²) in [5.74, 6) is -1.30. The van der Waals surface area contributed by atoms with Gasteiger partial charge in [0.15, 0.2) is 0 Å². The summed E-state index contributed by atoms with van der Waals surface area (Å²) >= 11 is 0. The van der Waals surface area contributed by atoms with Crippen LogP contribution in [0.5, 0.6) is 0 Å². The lowest BCUT2D eigenvalue weighted by molar-refractivity contribution is -0.156. The average molecular weight is 1040 g/mol. The van der Waals surface area contributed by atoms with Crippen LogP contribution in [-0.4, -0.2) is 49.8 Å². The average Bonchev–Trinajstić information content (AvgIpc) is 3.62. The van der Waals surface area contributed by atoms with E-state index in [0.29, 0.717) is 37.6 Å². The molecule has 0 spiro atoms. The molecule has 2 saturated heterocycles. The van der Waals surface area contributed by atoms with E-state index < -0.39 is 17.3 Å². The van der Waals surface area contributed by atoms with Crippen LogP contribution in [0.15, 0.2) is 0 Å². The third-order valence-electron chi connectivity index (χ3n) is 18.6. The minimum absolute atomic E-state index is 0.0439. The highest BCUT2D eigenvalue weighted by molar-refractivity contribution is 5.97. The molecule has 0 radical (unpaired) electrons. The number of hydrogen-bond acceptors (Lipinski definition) is 8. The zero-order valence-corrected chi connectivity index (χ0v) is 52.3. The van der Waals surface area contributed by atoms with Crippen LogP contribution in [0.4, 0.5) is 0 Å². The lowest BCUT2D eigenvalue weighted by atomic mass is 9.61. The molecule has 0 aromatic heterocycles. The molecule has 2 rings (SSSR count). The minimum atomic E-state index is -0.506. The number of carbonyl (C=O) groups excluding carboxylic acids is 4. The molecule has 2 fully saturated rings. The molecular formula is C66H122O8. The van der Waals surface area contributed by atoms with Gasteiger partial charge in [-0.25, -0.2) is 0 Å². The molecule has 0 amide bonds. The Labute approximate surface area is 458 Å². The van der Waals surface area contributed by atoms with Crippen LogP contribution in [0.25, 0.3) is 0 Å². The molecule has 0 saturated carbocycles. The molecule has 434 valence electrons. The van der Waals surface area contributed by atoms with Crippen LogP contribution in [0, 0.1) is 79.8 Å². The monoisotopic (exact) mass is 1040 g/mol. The second-order valence-electron chi connectivity index (χ2n) is 29.8. The second-order valence-corrected chi connectivity index (χ2v) is 29.8. The van der Waals surface area contributed by atoms with E-state index in [4.69, 9.17) is 18.9 Å². The minimum Gasteiger partial charge on any atom is -0.465 e. The van der Waals surface area contributed by atoms with E-state index in [-0.39, 0.29) is 74.6 Å². The van der Waals surface area contributed by atoms with Crippen molar-refractivity contribution in [2.24, 2.45) is 79.8 Å². The fraction of sp³-hybridized carbons (Fsp3) is 0.939. The summed E-state index contributed by atoms with van der Waals surface area (Å²) < 4.78 is 23.8. The number of ether oxygens (including phenoxy) is 4. The van der Waals surface area contributed by atoms with E-state index in [9.17, 15) is 19.2 Å². The van der Waals surface area contributed by atoms with E-state index in [2.05, 4.69) is 132 Å². The van der Waals surface area contributed by atoms with E-state index in [0.717, 1.165) is 90.1 Å². The Morgan fingerprint density at radius 3 is 1.57 bits per heavy atom. The van der Waals surface area contributed by atoms with Crippen molar-refractivity contribution in [2.75, 3.05) is 19.8 Å². The van der Waals surface area contributed by atoms with Gasteiger partial charge in [-0.2, -0.15) is 0 Å². The van der Waals surface area contributed by atoms with Crippen molar-refractivity contribution in [1.82, 2.24) is 0 Å². The molecule has 2 heterocycles. The van der Waals surface area contributed by atoms with Gasteiger partial charge < -0.3 is 18.9 Å². The van der Waals surface area contributed by atoms with Crippen molar-refractivity contribution in [2.45, 2.75) is 298 Å². The normalized spacial score (nSPS) is 21.1. The van der Waals surface area contributed by atoms with E-state index >= 15 is 0 Å². The van der Waals surface area contributed by atoms with Crippen molar-refractivity contribution >= 4 is 23.9 Å². The van der Waals surface area contributed by atoms with Crippen molar-refractivity contribution < 1.29 is 38.1 Å². The highest BCUT2D eigenvalue weighted by Gasteiger charge is 2.54. The predicted molar refractivity (Wildman–Crippen MR) is 309 cm³/mol.